The van der Waals surface area contributed by atoms with Gasteiger partial charge >= 0.3 is 41.3 Å². The van der Waals surface area contributed by atoms with Crippen molar-refractivity contribution >= 4 is 3.21 Å². The van der Waals surface area contributed by atoms with Gasteiger partial charge in [0.2, 0.25) is 0 Å². The van der Waals surface area contributed by atoms with Crippen molar-refractivity contribution in [3.8, 4) is 0 Å². The van der Waals surface area contributed by atoms with E-state index in [1.54, 1.807) is 24.2 Å². The monoisotopic (exact) mass is 295 g/mol. The molecule has 0 aromatic carbocycles. The summed E-state index contributed by atoms with van der Waals surface area (Å²) in [5.74, 6) is 0. The van der Waals surface area contributed by atoms with E-state index in [-0.39, 0.29) is 24.8 Å². The molecule has 0 fully saturated rings. The first-order chi connectivity index (χ1) is 5.04. The standard InChI is InChI=1S/C7H9.C3H6.2ClH.Zr/c1-6-4-3-5-7(6)2;1-3-2;;;/h4H,3H2,1-2H3;1-2H3;2*1H;/q-1;;;;+2/p-2. The van der Waals surface area contributed by atoms with Crippen molar-refractivity contribution in [3.63, 3.8) is 0 Å². The minimum atomic E-state index is 0. The van der Waals surface area contributed by atoms with Crippen LogP contribution in [0.5, 0.6) is 0 Å². The van der Waals surface area contributed by atoms with Gasteiger partial charge in [-0.3, -0.25) is 6.08 Å². The summed E-state index contributed by atoms with van der Waals surface area (Å²) in [4.78, 5) is 0. The van der Waals surface area contributed by atoms with E-state index >= 15 is 0 Å². The van der Waals surface area contributed by atoms with Gasteiger partial charge in [-0.25, -0.2) is 11.1 Å². The van der Waals surface area contributed by atoms with Crippen LogP contribution < -0.4 is 24.8 Å². The zero-order valence-corrected chi connectivity index (χ0v) is 12.5. The van der Waals surface area contributed by atoms with Crippen molar-refractivity contribution in [1.29, 1.82) is 0 Å². The third-order valence-electron chi connectivity index (χ3n) is 1.37. The van der Waals surface area contributed by atoms with E-state index in [1.165, 1.54) is 14.4 Å². The van der Waals surface area contributed by atoms with Crippen LogP contribution in [0.25, 0.3) is 0 Å². The Morgan fingerprint density at radius 3 is 1.77 bits per heavy atom. The van der Waals surface area contributed by atoms with Gasteiger partial charge in [0.05, 0.1) is 0 Å². The molecule has 0 bridgehead atoms. The van der Waals surface area contributed by atoms with Crippen LogP contribution in [0.3, 0.4) is 0 Å². The van der Waals surface area contributed by atoms with Gasteiger partial charge in [0.25, 0.3) is 0 Å². The van der Waals surface area contributed by atoms with Crippen LogP contribution in [0.15, 0.2) is 17.2 Å². The molecule has 0 amide bonds. The van der Waals surface area contributed by atoms with E-state index in [0.29, 0.717) is 0 Å². The quantitative estimate of drug-likeness (QED) is 0.414. The molecule has 0 unspecified atom stereocenters. The Morgan fingerprint density at radius 2 is 1.69 bits per heavy atom. The van der Waals surface area contributed by atoms with Crippen molar-refractivity contribution < 1.29 is 49.0 Å². The summed E-state index contributed by atoms with van der Waals surface area (Å²) in [6.45, 7) is 8.46. The molecule has 1 aliphatic rings. The SMILES string of the molecule is CC1=[C-]CC=C1C.C[C](C)=[Zr+2].[Cl-].[Cl-]. The van der Waals surface area contributed by atoms with Crippen LogP contribution in [-0.4, -0.2) is 3.21 Å². The summed E-state index contributed by atoms with van der Waals surface area (Å²) in [5, 5.41) is 0. The number of rotatable bonds is 0. The molecule has 0 saturated heterocycles. The third kappa shape index (κ3) is 12.8. The third-order valence-corrected chi connectivity index (χ3v) is 1.37. The molecule has 0 atom stereocenters. The number of hydrogen-bond acceptors (Lipinski definition) is 0. The van der Waals surface area contributed by atoms with Crippen molar-refractivity contribution in [2.75, 3.05) is 0 Å². The molecular formula is C10H15Cl2Zr-. The summed E-state index contributed by atoms with van der Waals surface area (Å²) in [7, 11) is 0. The molecule has 0 aromatic rings. The summed E-state index contributed by atoms with van der Waals surface area (Å²) in [6.07, 6.45) is 6.41. The van der Waals surface area contributed by atoms with Crippen molar-refractivity contribution in [3.05, 3.63) is 23.3 Å². The summed E-state index contributed by atoms with van der Waals surface area (Å²) in [5.41, 5.74) is 2.71. The first kappa shape index (κ1) is 19.4. The molecule has 0 saturated carbocycles. The second-order valence-corrected chi connectivity index (χ2v) is 5.35. The van der Waals surface area contributed by atoms with Gasteiger partial charge < -0.3 is 24.8 Å². The molecule has 3 heteroatoms. The molecule has 0 aliphatic heterocycles. The summed E-state index contributed by atoms with van der Waals surface area (Å²) >= 11 is 1.55. The first-order valence-electron chi connectivity index (χ1n) is 3.80. The van der Waals surface area contributed by atoms with Gasteiger partial charge in [0.1, 0.15) is 0 Å². The predicted octanol–water partition coefficient (Wildman–Crippen LogP) is -3.16. The predicted molar refractivity (Wildman–Crippen MR) is 47.2 cm³/mol. The fourth-order valence-electron chi connectivity index (χ4n) is 0.650. The Morgan fingerprint density at radius 1 is 1.31 bits per heavy atom. The molecule has 1 aliphatic carbocycles. The van der Waals surface area contributed by atoms with E-state index in [4.69, 9.17) is 0 Å². The van der Waals surface area contributed by atoms with Crippen molar-refractivity contribution in [2.24, 2.45) is 0 Å². The van der Waals surface area contributed by atoms with Crippen LogP contribution in [0.2, 0.25) is 0 Å². The average Bonchev–Trinajstić information content (AvgIpc) is 2.15. The second-order valence-electron chi connectivity index (χ2n) is 2.89. The summed E-state index contributed by atoms with van der Waals surface area (Å²) in [6, 6.07) is 0. The first-order valence-corrected chi connectivity index (χ1v) is 5.03. The van der Waals surface area contributed by atoms with Crippen molar-refractivity contribution in [1.82, 2.24) is 0 Å². The maximum absolute atomic E-state index is 3.19. The number of allylic oxidation sites excluding steroid dienone is 4. The molecule has 0 radical (unpaired) electrons. The minimum absolute atomic E-state index is 0. The van der Waals surface area contributed by atoms with Crippen LogP contribution >= 0.6 is 0 Å². The normalized spacial score (nSPS) is 12.5. The van der Waals surface area contributed by atoms with Gasteiger partial charge in [-0.15, -0.1) is 13.3 Å². The van der Waals surface area contributed by atoms with Gasteiger partial charge in [0, 0.05) is 0 Å². The van der Waals surface area contributed by atoms with Crippen LogP contribution in [-0.2, 0) is 24.2 Å². The molecule has 0 heterocycles. The molecule has 0 nitrogen and oxygen atoms in total. The van der Waals surface area contributed by atoms with E-state index in [2.05, 4.69) is 39.8 Å². The Hall–Kier alpha value is 0.813. The number of hydrogen-bond donors (Lipinski definition) is 0. The minimum Gasteiger partial charge on any atom is -1.00 e. The maximum atomic E-state index is 3.19. The van der Waals surface area contributed by atoms with E-state index < -0.39 is 0 Å². The Labute approximate surface area is 109 Å². The molecule has 0 spiro atoms. The fourth-order valence-corrected chi connectivity index (χ4v) is 0.650. The van der Waals surface area contributed by atoms with Crippen molar-refractivity contribution in [2.45, 2.75) is 34.1 Å². The van der Waals surface area contributed by atoms with Crippen LogP contribution in [0, 0.1) is 6.08 Å². The van der Waals surface area contributed by atoms with E-state index in [9.17, 15) is 0 Å². The Kier molecular flexibility index (Phi) is 16.2. The molecule has 13 heavy (non-hydrogen) atoms. The average molecular weight is 297 g/mol. The van der Waals surface area contributed by atoms with Gasteiger partial charge in [-0.1, -0.05) is 6.92 Å². The van der Waals surface area contributed by atoms with Gasteiger partial charge in [0.15, 0.2) is 0 Å². The number of halogens is 2. The fraction of sp³-hybridized carbons (Fsp3) is 0.500. The Balaban J connectivity index is -0.000000150. The van der Waals surface area contributed by atoms with Crippen LogP contribution in [0.1, 0.15) is 34.1 Å². The Bertz CT molecular complexity index is 185. The van der Waals surface area contributed by atoms with Gasteiger partial charge in [-0.2, -0.15) is 6.08 Å². The molecule has 74 valence electrons. The van der Waals surface area contributed by atoms with Gasteiger partial charge in [-0.05, 0) is 0 Å². The molecular weight excluding hydrogens is 282 g/mol. The molecule has 1 rings (SSSR count). The topological polar surface area (TPSA) is 0 Å². The zero-order valence-electron chi connectivity index (χ0n) is 8.54. The maximum Gasteiger partial charge on any atom is -1.00 e. The zero-order chi connectivity index (χ0) is 8.85. The largest absolute Gasteiger partial charge is 1.00 e. The van der Waals surface area contributed by atoms with E-state index in [0.717, 1.165) is 6.42 Å². The molecule has 0 aromatic heterocycles. The molecule has 0 N–H and O–H groups in total. The van der Waals surface area contributed by atoms with Crippen LogP contribution in [0.4, 0.5) is 0 Å². The summed E-state index contributed by atoms with van der Waals surface area (Å²) < 4.78 is 1.51. The smallest absolute Gasteiger partial charge is 1.00 e. The second kappa shape index (κ2) is 10.9. The van der Waals surface area contributed by atoms with E-state index in [1.807, 2.05) is 0 Å².